The average molecular weight is 470 g/mol. The molecule has 1 unspecified atom stereocenters. The predicted molar refractivity (Wildman–Crippen MR) is 109 cm³/mol. The zero-order chi connectivity index (χ0) is 24.0. The van der Waals surface area contributed by atoms with Gasteiger partial charge in [-0.2, -0.15) is 13.2 Å². The third-order valence-corrected chi connectivity index (χ3v) is 4.85. The van der Waals surface area contributed by atoms with E-state index in [1.54, 1.807) is 23.1 Å². The van der Waals surface area contributed by atoms with Crippen LogP contribution in [0.5, 0.6) is 0 Å². The number of alkyl halides is 3. The maximum atomic E-state index is 13.8. The molecule has 1 saturated heterocycles. The average Bonchev–Trinajstić information content (AvgIpc) is 2.80. The van der Waals surface area contributed by atoms with Crippen LogP contribution in [0, 0.1) is 5.82 Å². The van der Waals surface area contributed by atoms with Gasteiger partial charge in [0, 0.05) is 18.8 Å². The van der Waals surface area contributed by atoms with Gasteiger partial charge in [-0.3, -0.25) is 15.1 Å². The number of halogens is 4. The molecule has 0 radical (unpaired) electrons. The largest absolute Gasteiger partial charge is 0.472 e. The number of aliphatic hydroxyl groups excluding tert-OH is 1. The van der Waals surface area contributed by atoms with E-state index in [9.17, 15) is 32.3 Å². The second kappa shape index (κ2) is 10.6. The molecule has 12 heteroatoms. The Morgan fingerprint density at radius 1 is 1.12 bits per heavy atom. The number of rotatable bonds is 6. The number of carbonyl (C=O) groups excluding carboxylic acids is 2. The Balaban J connectivity index is 1.72. The van der Waals surface area contributed by atoms with Gasteiger partial charge in [-0.25, -0.2) is 14.6 Å². The van der Waals surface area contributed by atoms with Gasteiger partial charge in [0.15, 0.2) is 0 Å². The van der Waals surface area contributed by atoms with E-state index >= 15 is 0 Å². The van der Waals surface area contributed by atoms with Crippen LogP contribution < -0.4 is 15.8 Å². The first-order valence-electron chi connectivity index (χ1n) is 9.94. The summed E-state index contributed by atoms with van der Waals surface area (Å²) in [6.07, 6.45) is -6.69. The summed E-state index contributed by atoms with van der Waals surface area (Å²) in [6.45, 7) is 1.66. The molecule has 33 heavy (non-hydrogen) atoms. The highest BCUT2D eigenvalue weighted by molar-refractivity contribution is 5.92. The van der Waals surface area contributed by atoms with Gasteiger partial charge in [-0.05, 0) is 29.3 Å². The molecule has 1 aliphatic rings. The van der Waals surface area contributed by atoms with Gasteiger partial charge >= 0.3 is 18.1 Å². The first-order chi connectivity index (χ1) is 15.6. The van der Waals surface area contributed by atoms with Crippen molar-refractivity contribution in [3.8, 4) is 0 Å². The fraction of sp³-hybridized carbons (Fsp3) is 0.333. The predicted octanol–water partition coefficient (Wildman–Crippen LogP) is 2.46. The molecule has 1 fully saturated rings. The zero-order valence-corrected chi connectivity index (χ0v) is 17.3. The molecule has 0 spiro atoms. The van der Waals surface area contributed by atoms with E-state index in [1.807, 2.05) is 5.43 Å². The molecule has 178 valence electrons. The summed E-state index contributed by atoms with van der Waals surface area (Å²) < 4.78 is 55.8. The number of aliphatic hydroxyl groups is 1. The SMILES string of the molecule is O=C(N1CCOCC1)N(Cc1ccc(C(O)NNC(=O)C(F)(F)F)cc1)c1cccc(F)c1. The van der Waals surface area contributed by atoms with Crippen molar-refractivity contribution in [3.63, 3.8) is 0 Å². The highest BCUT2D eigenvalue weighted by Crippen LogP contribution is 2.22. The number of nitrogens with zero attached hydrogens (tertiary/aromatic N) is 2. The van der Waals surface area contributed by atoms with Crippen LogP contribution in [0.15, 0.2) is 48.5 Å². The smallest absolute Gasteiger partial charge is 0.378 e. The molecule has 3 amide bonds. The van der Waals surface area contributed by atoms with Crippen molar-refractivity contribution >= 4 is 17.6 Å². The van der Waals surface area contributed by atoms with Crippen molar-refractivity contribution in [2.45, 2.75) is 18.9 Å². The quantitative estimate of drug-likeness (QED) is 0.343. The van der Waals surface area contributed by atoms with Crippen LogP contribution >= 0.6 is 0 Å². The Kier molecular flexibility index (Phi) is 7.84. The third-order valence-electron chi connectivity index (χ3n) is 4.85. The van der Waals surface area contributed by atoms with E-state index in [4.69, 9.17) is 4.74 Å². The summed E-state index contributed by atoms with van der Waals surface area (Å²) >= 11 is 0. The summed E-state index contributed by atoms with van der Waals surface area (Å²) in [7, 11) is 0. The van der Waals surface area contributed by atoms with Crippen molar-refractivity contribution in [1.82, 2.24) is 15.8 Å². The monoisotopic (exact) mass is 470 g/mol. The maximum absolute atomic E-state index is 13.8. The second-order valence-electron chi connectivity index (χ2n) is 7.19. The van der Waals surface area contributed by atoms with Gasteiger partial charge < -0.3 is 14.7 Å². The molecule has 8 nitrogen and oxygen atoms in total. The number of amides is 3. The zero-order valence-electron chi connectivity index (χ0n) is 17.3. The van der Waals surface area contributed by atoms with E-state index < -0.39 is 24.1 Å². The van der Waals surface area contributed by atoms with Crippen LogP contribution in [0.4, 0.5) is 28.0 Å². The standard InChI is InChI=1S/C21H22F4N4O4/c22-16-2-1-3-17(12-16)29(20(32)28-8-10-33-11-9-28)13-14-4-6-15(7-5-14)18(30)26-27-19(31)21(23,24)25/h1-7,12,18,26,30H,8-11,13H2,(H,27,31). The lowest BCUT2D eigenvalue weighted by molar-refractivity contribution is -0.175. The number of nitrogens with one attached hydrogen (secondary N) is 2. The lowest BCUT2D eigenvalue weighted by Gasteiger charge is -2.33. The van der Waals surface area contributed by atoms with E-state index in [-0.39, 0.29) is 18.1 Å². The molecule has 3 rings (SSSR count). The molecular formula is C21H22F4N4O4. The lowest BCUT2D eigenvalue weighted by atomic mass is 10.1. The van der Waals surface area contributed by atoms with Crippen molar-refractivity contribution < 1.29 is 37.0 Å². The fourth-order valence-electron chi connectivity index (χ4n) is 3.11. The number of hydrazine groups is 1. The number of hydrogen-bond acceptors (Lipinski definition) is 5. The van der Waals surface area contributed by atoms with E-state index in [0.717, 1.165) is 0 Å². The Labute approximate surface area is 186 Å². The molecule has 1 heterocycles. The number of carbonyl (C=O) groups is 2. The minimum Gasteiger partial charge on any atom is -0.378 e. The Hall–Kier alpha value is -3.22. The molecule has 2 aromatic rings. The molecular weight excluding hydrogens is 448 g/mol. The molecule has 3 N–H and O–H groups in total. The van der Waals surface area contributed by atoms with Gasteiger partial charge in [-0.15, -0.1) is 0 Å². The molecule has 2 aromatic carbocycles. The van der Waals surface area contributed by atoms with Crippen molar-refractivity contribution in [3.05, 3.63) is 65.5 Å². The minimum absolute atomic E-state index is 0.0776. The lowest BCUT2D eigenvalue weighted by Crippen LogP contribution is -2.48. The summed E-state index contributed by atoms with van der Waals surface area (Å²) in [4.78, 5) is 27.0. The van der Waals surface area contributed by atoms with E-state index in [2.05, 4.69) is 0 Å². The van der Waals surface area contributed by atoms with Crippen LogP contribution in [0.1, 0.15) is 17.4 Å². The molecule has 0 bridgehead atoms. The summed E-state index contributed by atoms with van der Waals surface area (Å²) in [5.41, 5.74) is 4.40. The van der Waals surface area contributed by atoms with Crippen molar-refractivity contribution in [1.29, 1.82) is 0 Å². The van der Waals surface area contributed by atoms with Gasteiger partial charge in [0.05, 0.1) is 19.8 Å². The number of urea groups is 1. The highest BCUT2D eigenvalue weighted by Gasteiger charge is 2.38. The molecule has 1 aliphatic heterocycles. The van der Waals surface area contributed by atoms with Crippen LogP contribution in [0.2, 0.25) is 0 Å². The van der Waals surface area contributed by atoms with E-state index in [0.29, 0.717) is 37.6 Å². The van der Waals surface area contributed by atoms with Gasteiger partial charge in [-0.1, -0.05) is 30.3 Å². The van der Waals surface area contributed by atoms with Crippen LogP contribution in [-0.2, 0) is 16.1 Å². The number of ether oxygens (including phenoxy) is 1. The maximum Gasteiger partial charge on any atom is 0.472 e. The van der Waals surface area contributed by atoms with Gasteiger partial charge in [0.2, 0.25) is 0 Å². The number of morpholine rings is 1. The number of benzene rings is 2. The first-order valence-corrected chi connectivity index (χ1v) is 9.94. The topological polar surface area (TPSA) is 94.1 Å². The number of hydrogen-bond donors (Lipinski definition) is 3. The van der Waals surface area contributed by atoms with Gasteiger partial charge in [0.1, 0.15) is 12.0 Å². The Bertz CT molecular complexity index is 965. The van der Waals surface area contributed by atoms with Crippen molar-refractivity contribution in [2.75, 3.05) is 31.2 Å². The first kappa shape index (κ1) is 24.4. The van der Waals surface area contributed by atoms with Crippen LogP contribution in [0.25, 0.3) is 0 Å². The second-order valence-corrected chi connectivity index (χ2v) is 7.19. The van der Waals surface area contributed by atoms with Crippen LogP contribution in [0.3, 0.4) is 0 Å². The Morgan fingerprint density at radius 3 is 2.39 bits per heavy atom. The molecule has 0 aromatic heterocycles. The molecule has 1 atom stereocenters. The summed E-state index contributed by atoms with van der Waals surface area (Å²) in [6, 6.07) is 11.2. The fourth-order valence-corrected chi connectivity index (χ4v) is 3.11. The normalized spacial score (nSPS) is 15.1. The summed E-state index contributed by atoms with van der Waals surface area (Å²) in [5, 5.41) is 9.96. The third kappa shape index (κ3) is 6.63. The summed E-state index contributed by atoms with van der Waals surface area (Å²) in [5.74, 6) is -2.75. The van der Waals surface area contributed by atoms with Gasteiger partial charge in [0.25, 0.3) is 0 Å². The molecule has 0 aliphatic carbocycles. The van der Waals surface area contributed by atoms with E-state index in [1.165, 1.54) is 40.7 Å². The van der Waals surface area contributed by atoms with Crippen LogP contribution in [-0.4, -0.2) is 54.4 Å². The number of anilines is 1. The minimum atomic E-state index is -5.09. The molecule has 0 saturated carbocycles. The van der Waals surface area contributed by atoms with Crippen molar-refractivity contribution in [2.24, 2.45) is 0 Å². The highest BCUT2D eigenvalue weighted by atomic mass is 19.4. The Morgan fingerprint density at radius 2 is 1.79 bits per heavy atom.